The van der Waals surface area contributed by atoms with Crippen LogP contribution in [0, 0.1) is 0 Å². The van der Waals surface area contributed by atoms with E-state index >= 15 is 0 Å². The molecule has 0 aromatic rings. The number of carboxylic acid groups (broad SMARTS) is 2. The first kappa shape index (κ1) is 16.9. The minimum atomic E-state index is -1.83. The van der Waals surface area contributed by atoms with Crippen LogP contribution in [0.2, 0.25) is 0 Å². The van der Waals surface area contributed by atoms with Crippen molar-refractivity contribution in [2.75, 3.05) is 5.75 Å². The predicted molar refractivity (Wildman–Crippen MR) is 36.2 cm³/mol. The molecule has 0 heterocycles. The Labute approximate surface area is 106 Å². The molecular weight excluding hydrogens is 187 g/mol. The Hall–Kier alpha value is 1.61. The summed E-state index contributed by atoms with van der Waals surface area (Å²) >= 11 is 4.47. The van der Waals surface area contributed by atoms with Gasteiger partial charge in [-0.3, -0.25) is 0 Å². The van der Waals surface area contributed by atoms with Crippen LogP contribution in [0.15, 0.2) is 0 Å². The normalized spacial score (nSPS) is 6.00. The first-order valence-electron chi connectivity index (χ1n) is 1.81. The molecule has 50 valence electrons. The van der Waals surface area contributed by atoms with E-state index in [0.29, 0.717) is 0 Å². The summed E-state index contributed by atoms with van der Waals surface area (Å²) in [6.07, 6.45) is -1.83. The van der Waals surface area contributed by atoms with Crippen LogP contribution in [0.3, 0.4) is 0 Å². The second-order valence-electron chi connectivity index (χ2n) is 0.689. The SMILES string of the molecule is CCS[S-].O=C(O)O.[K+]. The van der Waals surface area contributed by atoms with E-state index in [4.69, 9.17) is 15.0 Å². The molecule has 0 rings (SSSR count). The third-order valence-electron chi connectivity index (χ3n) is 0.118. The van der Waals surface area contributed by atoms with Crippen LogP contribution in [-0.2, 0) is 11.7 Å². The van der Waals surface area contributed by atoms with Crippen molar-refractivity contribution >= 4 is 28.6 Å². The van der Waals surface area contributed by atoms with Gasteiger partial charge in [-0.2, -0.15) is 0 Å². The van der Waals surface area contributed by atoms with E-state index in [1.807, 2.05) is 6.92 Å². The Kier molecular flexibility index (Phi) is 30.6. The monoisotopic (exact) mass is 194 g/mol. The summed E-state index contributed by atoms with van der Waals surface area (Å²) in [5.41, 5.74) is 0. The van der Waals surface area contributed by atoms with E-state index < -0.39 is 6.16 Å². The van der Waals surface area contributed by atoms with Crippen LogP contribution in [0.1, 0.15) is 6.92 Å². The van der Waals surface area contributed by atoms with E-state index in [9.17, 15) is 0 Å². The average molecular weight is 194 g/mol. The second-order valence-corrected chi connectivity index (χ2v) is 2.21. The first-order valence-corrected chi connectivity index (χ1v) is 3.72. The Balaban J connectivity index is -0.0000000720. The van der Waals surface area contributed by atoms with Crippen LogP contribution >= 0.6 is 10.8 Å². The Morgan fingerprint density at radius 3 is 1.78 bits per heavy atom. The van der Waals surface area contributed by atoms with Crippen molar-refractivity contribution in [2.24, 2.45) is 0 Å². The number of hydrogen-bond acceptors (Lipinski definition) is 3. The van der Waals surface area contributed by atoms with E-state index in [1.165, 1.54) is 10.8 Å². The van der Waals surface area contributed by atoms with Gasteiger partial charge in [0.1, 0.15) is 0 Å². The summed E-state index contributed by atoms with van der Waals surface area (Å²) in [6, 6.07) is 0. The molecule has 9 heavy (non-hydrogen) atoms. The second kappa shape index (κ2) is 16.3. The largest absolute Gasteiger partial charge is 1.00 e. The molecule has 0 saturated carbocycles. The van der Waals surface area contributed by atoms with E-state index in [2.05, 4.69) is 11.7 Å². The van der Waals surface area contributed by atoms with Gasteiger partial charge in [0.2, 0.25) is 0 Å². The fourth-order valence-electron chi connectivity index (χ4n) is 0. The van der Waals surface area contributed by atoms with Gasteiger partial charge in [0.15, 0.2) is 0 Å². The van der Waals surface area contributed by atoms with Gasteiger partial charge in [-0.05, 0) is 5.75 Å². The van der Waals surface area contributed by atoms with Gasteiger partial charge >= 0.3 is 57.5 Å². The molecule has 0 aliphatic carbocycles. The van der Waals surface area contributed by atoms with Crippen molar-refractivity contribution in [3.05, 3.63) is 0 Å². The quantitative estimate of drug-likeness (QED) is 0.300. The molecular formula is C3H7KO3S2. The number of rotatable bonds is 1. The fraction of sp³-hybridized carbons (Fsp3) is 0.667. The topological polar surface area (TPSA) is 57.5 Å². The maximum absolute atomic E-state index is 8.56. The van der Waals surface area contributed by atoms with Crippen molar-refractivity contribution in [3.8, 4) is 0 Å². The summed E-state index contributed by atoms with van der Waals surface area (Å²) in [6.45, 7) is 2.04. The van der Waals surface area contributed by atoms with Crippen LogP contribution in [0.5, 0.6) is 0 Å². The Bertz CT molecular complexity index is 55.0. The summed E-state index contributed by atoms with van der Waals surface area (Å²) in [5, 5.41) is 13.9. The summed E-state index contributed by atoms with van der Waals surface area (Å²) in [7, 11) is 1.44. The maximum atomic E-state index is 8.56. The van der Waals surface area contributed by atoms with Crippen molar-refractivity contribution < 1.29 is 66.4 Å². The van der Waals surface area contributed by atoms with Crippen molar-refractivity contribution in [2.45, 2.75) is 6.92 Å². The smallest absolute Gasteiger partial charge is 0.719 e. The maximum Gasteiger partial charge on any atom is 1.00 e. The molecule has 2 N–H and O–H groups in total. The van der Waals surface area contributed by atoms with E-state index in [-0.39, 0.29) is 51.4 Å². The van der Waals surface area contributed by atoms with Crippen molar-refractivity contribution in [1.29, 1.82) is 0 Å². The van der Waals surface area contributed by atoms with Gasteiger partial charge in [0, 0.05) is 0 Å². The molecule has 0 amide bonds. The van der Waals surface area contributed by atoms with Gasteiger partial charge in [-0.25, -0.2) is 4.79 Å². The summed E-state index contributed by atoms with van der Waals surface area (Å²) in [5.74, 6) is 1.05. The molecule has 0 aromatic carbocycles. The third-order valence-corrected chi connectivity index (χ3v) is 1.06. The summed E-state index contributed by atoms with van der Waals surface area (Å²) < 4.78 is 0. The molecule has 0 radical (unpaired) electrons. The summed E-state index contributed by atoms with van der Waals surface area (Å²) in [4.78, 5) is 8.56. The minimum Gasteiger partial charge on any atom is -0.719 e. The predicted octanol–water partition coefficient (Wildman–Crippen LogP) is -1.57. The Morgan fingerprint density at radius 2 is 1.78 bits per heavy atom. The molecule has 0 saturated heterocycles. The fourth-order valence-corrected chi connectivity index (χ4v) is 0. The first-order chi connectivity index (χ1) is 3.65. The zero-order chi connectivity index (χ0) is 6.99. The standard InChI is InChI=1S/C2H6S2.CH2O3.K/c1-2-4-3;2-1(3)4;/h3H,2H2,1H3;(H2,2,3,4);/q;;+1/p-1. The molecule has 3 nitrogen and oxygen atoms in total. The van der Waals surface area contributed by atoms with Gasteiger partial charge in [-0.15, -0.1) is 0 Å². The molecule has 0 aromatic heterocycles. The molecule has 0 bridgehead atoms. The van der Waals surface area contributed by atoms with Gasteiger partial charge in [-0.1, -0.05) is 6.92 Å². The van der Waals surface area contributed by atoms with E-state index in [1.54, 1.807) is 0 Å². The molecule has 6 heteroatoms. The van der Waals surface area contributed by atoms with Crippen LogP contribution in [0.25, 0.3) is 0 Å². The molecule has 0 fully saturated rings. The average Bonchev–Trinajstić information content (AvgIpc) is 1.65. The van der Waals surface area contributed by atoms with Crippen LogP contribution in [0.4, 0.5) is 4.79 Å². The molecule has 0 atom stereocenters. The number of carbonyl (C=O) groups is 1. The van der Waals surface area contributed by atoms with Crippen LogP contribution < -0.4 is 51.4 Å². The molecule has 0 aliphatic rings. The zero-order valence-corrected chi connectivity index (χ0v) is 10.1. The van der Waals surface area contributed by atoms with E-state index in [0.717, 1.165) is 5.75 Å². The number of hydrogen-bond donors (Lipinski definition) is 2. The van der Waals surface area contributed by atoms with Crippen molar-refractivity contribution in [1.82, 2.24) is 0 Å². The molecule has 0 aliphatic heterocycles. The molecule has 0 spiro atoms. The van der Waals surface area contributed by atoms with Gasteiger partial charge < -0.3 is 32.7 Å². The van der Waals surface area contributed by atoms with Crippen LogP contribution in [-0.4, -0.2) is 22.1 Å². The Morgan fingerprint density at radius 1 is 1.67 bits per heavy atom. The van der Waals surface area contributed by atoms with Gasteiger partial charge in [0.25, 0.3) is 0 Å². The van der Waals surface area contributed by atoms with Crippen molar-refractivity contribution in [3.63, 3.8) is 0 Å². The minimum absolute atomic E-state index is 0. The van der Waals surface area contributed by atoms with Gasteiger partial charge in [0.05, 0.1) is 0 Å². The third kappa shape index (κ3) is 81.8. The zero-order valence-electron chi connectivity index (χ0n) is 5.33. The molecule has 0 unspecified atom stereocenters.